The number of aromatic amines is 1. The van der Waals surface area contributed by atoms with Crippen LogP contribution in [0.15, 0.2) is 48.5 Å². The van der Waals surface area contributed by atoms with Crippen LogP contribution in [0.1, 0.15) is 29.0 Å². The average molecular weight is 435 g/mol. The van der Waals surface area contributed by atoms with Gasteiger partial charge in [-0.25, -0.2) is 4.98 Å². The Morgan fingerprint density at radius 2 is 1.75 bits per heavy atom. The summed E-state index contributed by atoms with van der Waals surface area (Å²) in [5.41, 5.74) is 1.34. The van der Waals surface area contributed by atoms with Crippen LogP contribution in [0.25, 0.3) is 11.4 Å². The first kappa shape index (κ1) is 21.4. The molecule has 2 N–H and O–H groups in total. The molecule has 1 aromatic heterocycles. The van der Waals surface area contributed by atoms with Crippen LogP contribution in [0.3, 0.4) is 0 Å². The molecule has 3 aromatic rings. The number of benzene rings is 2. The largest absolute Gasteiger partial charge is 0.497 e. The second kappa shape index (κ2) is 9.09. The van der Waals surface area contributed by atoms with Gasteiger partial charge >= 0.3 is 0 Å². The van der Waals surface area contributed by atoms with E-state index >= 15 is 0 Å². The van der Waals surface area contributed by atoms with Crippen LogP contribution in [0.4, 0.5) is 0 Å². The average Bonchev–Trinajstić information content (AvgIpc) is 3.45. The summed E-state index contributed by atoms with van der Waals surface area (Å²) in [7, 11) is 3.08. The van der Waals surface area contributed by atoms with Crippen LogP contribution in [0, 0.1) is 0 Å². The molecule has 1 aliphatic heterocycles. The molecule has 166 valence electrons. The summed E-state index contributed by atoms with van der Waals surface area (Å²) in [5, 5.41) is 10.3. The number of ether oxygens (including phenoxy) is 2. The first-order valence-corrected chi connectivity index (χ1v) is 10.3. The summed E-state index contributed by atoms with van der Waals surface area (Å²) in [6.45, 7) is 2.20. The second-order valence-corrected chi connectivity index (χ2v) is 7.64. The summed E-state index contributed by atoms with van der Waals surface area (Å²) in [4.78, 5) is 31.4. The number of likely N-dealkylation sites (tertiary alicyclic amines) is 1. The lowest BCUT2D eigenvalue weighted by Gasteiger charge is -2.17. The molecule has 1 fully saturated rings. The highest BCUT2D eigenvalue weighted by Gasteiger charge is 2.39. The van der Waals surface area contributed by atoms with E-state index in [0.717, 1.165) is 5.56 Å². The third kappa shape index (κ3) is 4.41. The van der Waals surface area contributed by atoms with E-state index in [9.17, 15) is 9.59 Å². The van der Waals surface area contributed by atoms with Gasteiger partial charge in [0.25, 0.3) is 5.91 Å². The molecule has 2 heterocycles. The van der Waals surface area contributed by atoms with E-state index in [1.807, 2.05) is 30.3 Å². The fraction of sp³-hybridized carbons (Fsp3) is 0.304. The normalized spacial score (nSPS) is 17.8. The molecule has 0 unspecified atom stereocenters. The van der Waals surface area contributed by atoms with Gasteiger partial charge in [0, 0.05) is 37.2 Å². The minimum Gasteiger partial charge on any atom is -0.497 e. The number of rotatable bonds is 6. The Morgan fingerprint density at radius 3 is 2.38 bits per heavy atom. The maximum absolute atomic E-state index is 13.3. The van der Waals surface area contributed by atoms with Crippen LogP contribution < -0.4 is 14.8 Å². The van der Waals surface area contributed by atoms with Crippen LogP contribution in [0.2, 0.25) is 0 Å². The van der Waals surface area contributed by atoms with Crippen molar-refractivity contribution in [1.29, 1.82) is 0 Å². The van der Waals surface area contributed by atoms with E-state index in [-0.39, 0.29) is 23.8 Å². The second-order valence-electron chi connectivity index (χ2n) is 7.64. The number of carbonyl (C=O) groups is 2. The molecule has 2 atom stereocenters. The van der Waals surface area contributed by atoms with E-state index < -0.39 is 0 Å². The summed E-state index contributed by atoms with van der Waals surface area (Å²) in [5.74, 6) is 1.70. The van der Waals surface area contributed by atoms with E-state index in [4.69, 9.17) is 9.47 Å². The molecule has 9 heteroatoms. The van der Waals surface area contributed by atoms with Crippen LogP contribution in [-0.2, 0) is 4.79 Å². The number of hydrogen-bond donors (Lipinski definition) is 2. The van der Waals surface area contributed by atoms with E-state index in [1.54, 1.807) is 23.1 Å². The maximum Gasteiger partial charge on any atom is 0.254 e. The van der Waals surface area contributed by atoms with Crippen LogP contribution in [0.5, 0.6) is 11.5 Å². The molecule has 2 aromatic carbocycles. The Hall–Kier alpha value is -3.88. The molecular formula is C23H25N5O4. The van der Waals surface area contributed by atoms with Crippen molar-refractivity contribution >= 4 is 11.8 Å². The molecule has 0 aliphatic carbocycles. The SMILES string of the molecule is COc1cc(OC)cc(C(=O)N2C[C@@H](NC(C)=O)[C@H](c3nc(-c4ccccc4)n[nH]3)C2)c1. The first-order valence-electron chi connectivity index (χ1n) is 10.3. The molecule has 2 amide bonds. The highest BCUT2D eigenvalue weighted by atomic mass is 16.5. The van der Waals surface area contributed by atoms with Crippen molar-refractivity contribution in [2.24, 2.45) is 0 Å². The topological polar surface area (TPSA) is 109 Å². The summed E-state index contributed by atoms with van der Waals surface area (Å²) < 4.78 is 10.6. The molecule has 32 heavy (non-hydrogen) atoms. The Labute approximate surface area is 185 Å². The van der Waals surface area contributed by atoms with E-state index in [2.05, 4.69) is 20.5 Å². The number of nitrogens with one attached hydrogen (secondary N) is 2. The quantitative estimate of drug-likeness (QED) is 0.615. The predicted octanol–water partition coefficient (Wildman–Crippen LogP) is 2.23. The zero-order valence-electron chi connectivity index (χ0n) is 18.2. The van der Waals surface area contributed by atoms with Crippen molar-refractivity contribution in [3.05, 3.63) is 59.9 Å². The van der Waals surface area contributed by atoms with Crippen molar-refractivity contribution < 1.29 is 19.1 Å². The van der Waals surface area contributed by atoms with Crippen molar-refractivity contribution in [3.8, 4) is 22.9 Å². The van der Waals surface area contributed by atoms with Crippen LogP contribution >= 0.6 is 0 Å². The summed E-state index contributed by atoms with van der Waals surface area (Å²) >= 11 is 0. The minimum absolute atomic E-state index is 0.167. The Morgan fingerprint density at radius 1 is 1.06 bits per heavy atom. The lowest BCUT2D eigenvalue weighted by Crippen LogP contribution is -2.39. The van der Waals surface area contributed by atoms with Gasteiger partial charge in [-0.1, -0.05) is 30.3 Å². The van der Waals surface area contributed by atoms with Crippen molar-refractivity contribution in [1.82, 2.24) is 25.4 Å². The van der Waals surface area contributed by atoms with Gasteiger partial charge in [-0.15, -0.1) is 0 Å². The van der Waals surface area contributed by atoms with Gasteiger partial charge in [0.1, 0.15) is 17.3 Å². The van der Waals surface area contributed by atoms with Crippen molar-refractivity contribution in [2.45, 2.75) is 18.9 Å². The minimum atomic E-state index is -0.291. The van der Waals surface area contributed by atoms with Gasteiger partial charge < -0.3 is 19.7 Å². The standard InChI is InChI=1S/C23H25N5O4/c1-14(29)24-20-13-28(23(30)16-9-17(31-2)11-18(10-16)32-3)12-19(20)22-25-21(26-27-22)15-7-5-4-6-8-15/h4-11,19-20H,12-13H2,1-3H3,(H,24,29)(H,25,26,27)/t19-,20-/m1/s1. The molecule has 1 saturated heterocycles. The lowest BCUT2D eigenvalue weighted by atomic mass is 10.0. The smallest absolute Gasteiger partial charge is 0.254 e. The van der Waals surface area contributed by atoms with Crippen molar-refractivity contribution in [3.63, 3.8) is 0 Å². The number of hydrogen-bond acceptors (Lipinski definition) is 6. The maximum atomic E-state index is 13.3. The number of H-pyrrole nitrogens is 1. The van der Waals surface area contributed by atoms with Gasteiger partial charge in [0.05, 0.1) is 26.2 Å². The molecule has 0 saturated carbocycles. The summed E-state index contributed by atoms with van der Waals surface area (Å²) in [6.07, 6.45) is 0. The Kier molecular flexibility index (Phi) is 6.07. The third-order valence-electron chi connectivity index (χ3n) is 5.48. The molecule has 4 rings (SSSR count). The van der Waals surface area contributed by atoms with Gasteiger partial charge in [-0.05, 0) is 12.1 Å². The number of amides is 2. The van der Waals surface area contributed by atoms with Gasteiger partial charge in [0.15, 0.2) is 5.82 Å². The summed E-state index contributed by atoms with van der Waals surface area (Å²) in [6, 6.07) is 14.4. The van der Waals surface area contributed by atoms with E-state index in [0.29, 0.717) is 41.8 Å². The molecule has 0 spiro atoms. The predicted molar refractivity (Wildman–Crippen MR) is 118 cm³/mol. The molecule has 9 nitrogen and oxygen atoms in total. The third-order valence-corrected chi connectivity index (χ3v) is 5.48. The molecule has 0 radical (unpaired) electrons. The zero-order valence-corrected chi connectivity index (χ0v) is 18.2. The van der Waals surface area contributed by atoms with Crippen molar-refractivity contribution in [2.75, 3.05) is 27.3 Å². The molecular weight excluding hydrogens is 410 g/mol. The lowest BCUT2D eigenvalue weighted by molar-refractivity contribution is -0.119. The highest BCUT2D eigenvalue weighted by molar-refractivity contribution is 5.95. The number of aromatic nitrogens is 3. The molecule has 1 aliphatic rings. The highest BCUT2D eigenvalue weighted by Crippen LogP contribution is 2.30. The Balaban J connectivity index is 1.60. The zero-order chi connectivity index (χ0) is 22.7. The van der Waals surface area contributed by atoms with Gasteiger partial charge in [-0.2, -0.15) is 5.10 Å². The Bertz CT molecular complexity index is 1090. The van der Waals surface area contributed by atoms with Crippen LogP contribution in [-0.4, -0.2) is 65.2 Å². The number of carbonyl (C=O) groups excluding carboxylic acids is 2. The number of nitrogens with zero attached hydrogens (tertiary/aromatic N) is 3. The fourth-order valence-corrected chi connectivity index (χ4v) is 3.92. The fourth-order valence-electron chi connectivity index (χ4n) is 3.92. The number of methoxy groups -OCH3 is 2. The van der Waals surface area contributed by atoms with Gasteiger partial charge in [0.2, 0.25) is 5.91 Å². The van der Waals surface area contributed by atoms with Gasteiger partial charge in [-0.3, -0.25) is 14.7 Å². The van der Waals surface area contributed by atoms with E-state index in [1.165, 1.54) is 21.1 Å². The first-order chi connectivity index (χ1) is 15.5. The molecule has 0 bridgehead atoms. The monoisotopic (exact) mass is 435 g/mol.